The maximum Gasteiger partial charge on any atom is 0.280 e. The monoisotopic (exact) mass is 266 g/mol. The molecule has 2 aromatic rings. The van der Waals surface area contributed by atoms with Gasteiger partial charge in [0.25, 0.3) is 5.56 Å². The quantitative estimate of drug-likeness (QED) is 0.386. The number of piperidine rings is 1. The number of nitrogens with two attached hydrogens (primary N) is 1. The Bertz CT molecular complexity index is 665. The summed E-state index contributed by atoms with van der Waals surface area (Å²) in [5, 5.41) is 22.7. The summed E-state index contributed by atoms with van der Waals surface area (Å²) in [4.78, 5) is 22.0. The first-order valence-corrected chi connectivity index (χ1v) is 5.87. The first-order valence-electron chi connectivity index (χ1n) is 5.87. The highest BCUT2D eigenvalue weighted by Crippen LogP contribution is 2.21. The third kappa shape index (κ3) is 1.87. The number of hydrogen-bond donors (Lipinski definition) is 5. The van der Waals surface area contributed by atoms with Gasteiger partial charge in [-0.05, 0) is 0 Å². The van der Waals surface area contributed by atoms with Crippen LogP contribution in [0.2, 0.25) is 0 Å². The average molecular weight is 266 g/mol. The number of aliphatic hydroxyl groups is 2. The second kappa shape index (κ2) is 4.30. The lowest BCUT2D eigenvalue weighted by atomic mass is 10.0. The van der Waals surface area contributed by atoms with Crippen LogP contribution in [0, 0.1) is 0 Å². The lowest BCUT2D eigenvalue weighted by Crippen LogP contribution is -2.50. The largest absolute Gasteiger partial charge is 0.389 e. The standard InChI is InChI=1S/C10H14N6O3/c11-10-14-8-6(9(19)15-10)13-3-16(8)4-1-12-2-5(17)7(4)18/h3-5,7,12,17-18H,1-2H2,(H3,11,14,15,19)/t4-,5-,7+/m1/s1. The van der Waals surface area contributed by atoms with Crippen LogP contribution in [0.4, 0.5) is 5.95 Å². The number of aromatic nitrogens is 4. The number of nitrogens with zero attached hydrogens (tertiary/aromatic N) is 3. The highest BCUT2D eigenvalue weighted by molar-refractivity contribution is 5.70. The molecule has 9 heteroatoms. The lowest BCUT2D eigenvalue weighted by Gasteiger charge is -2.33. The van der Waals surface area contributed by atoms with Crippen molar-refractivity contribution >= 4 is 17.1 Å². The average Bonchev–Trinajstić information content (AvgIpc) is 2.76. The zero-order valence-corrected chi connectivity index (χ0v) is 9.95. The van der Waals surface area contributed by atoms with Gasteiger partial charge in [0.05, 0.1) is 18.5 Å². The van der Waals surface area contributed by atoms with E-state index < -0.39 is 23.8 Å². The van der Waals surface area contributed by atoms with Gasteiger partial charge in [-0.15, -0.1) is 0 Å². The Morgan fingerprint density at radius 3 is 3.00 bits per heavy atom. The van der Waals surface area contributed by atoms with E-state index in [2.05, 4.69) is 20.3 Å². The normalized spacial score (nSPS) is 27.8. The van der Waals surface area contributed by atoms with Gasteiger partial charge in [0, 0.05) is 13.1 Å². The SMILES string of the molecule is Nc1nc2c(ncn2[C@@H]2CNC[C@@H](O)[C@H]2O)c(=O)[nH]1. The molecule has 0 bridgehead atoms. The molecule has 1 aliphatic rings. The van der Waals surface area contributed by atoms with Crippen LogP contribution in [0.5, 0.6) is 0 Å². The fourth-order valence-electron chi connectivity index (χ4n) is 2.33. The predicted molar refractivity (Wildman–Crippen MR) is 66.5 cm³/mol. The molecule has 0 aromatic carbocycles. The first-order chi connectivity index (χ1) is 9.08. The van der Waals surface area contributed by atoms with E-state index in [0.29, 0.717) is 18.7 Å². The molecular weight excluding hydrogens is 252 g/mol. The Hall–Kier alpha value is -1.97. The van der Waals surface area contributed by atoms with E-state index in [1.165, 1.54) is 6.33 Å². The first kappa shape index (κ1) is 12.1. The van der Waals surface area contributed by atoms with Gasteiger partial charge in [0.1, 0.15) is 6.10 Å². The van der Waals surface area contributed by atoms with Crippen LogP contribution >= 0.6 is 0 Å². The van der Waals surface area contributed by atoms with Gasteiger partial charge >= 0.3 is 0 Å². The number of nitrogen functional groups attached to an aromatic ring is 1. The van der Waals surface area contributed by atoms with Crippen LogP contribution in [0.25, 0.3) is 11.2 Å². The van der Waals surface area contributed by atoms with Crippen LogP contribution in [-0.2, 0) is 0 Å². The third-order valence-electron chi connectivity index (χ3n) is 3.30. The number of nitrogens with one attached hydrogen (secondary N) is 2. The highest BCUT2D eigenvalue weighted by Gasteiger charge is 2.32. The minimum absolute atomic E-state index is 0.0157. The molecule has 2 aromatic heterocycles. The Morgan fingerprint density at radius 2 is 2.21 bits per heavy atom. The van der Waals surface area contributed by atoms with Gasteiger partial charge in [-0.2, -0.15) is 4.98 Å². The summed E-state index contributed by atoms with van der Waals surface area (Å²) in [6.45, 7) is 0.762. The van der Waals surface area contributed by atoms with Crippen molar-refractivity contribution in [1.29, 1.82) is 0 Å². The Morgan fingerprint density at radius 1 is 1.42 bits per heavy atom. The van der Waals surface area contributed by atoms with Gasteiger partial charge < -0.3 is 25.8 Å². The number of aliphatic hydroxyl groups excluding tert-OH is 2. The summed E-state index contributed by atoms with van der Waals surface area (Å²) >= 11 is 0. The summed E-state index contributed by atoms with van der Waals surface area (Å²) in [7, 11) is 0. The molecule has 0 saturated carbocycles. The fraction of sp³-hybridized carbons (Fsp3) is 0.500. The van der Waals surface area contributed by atoms with E-state index in [1.54, 1.807) is 4.57 Å². The van der Waals surface area contributed by atoms with Crippen molar-refractivity contribution in [3.8, 4) is 0 Å². The highest BCUT2D eigenvalue weighted by atomic mass is 16.3. The van der Waals surface area contributed by atoms with Crippen LogP contribution in [0.15, 0.2) is 11.1 Å². The minimum Gasteiger partial charge on any atom is -0.389 e. The molecule has 0 spiro atoms. The Balaban J connectivity index is 2.12. The molecule has 6 N–H and O–H groups in total. The van der Waals surface area contributed by atoms with Crippen molar-refractivity contribution in [2.75, 3.05) is 18.8 Å². The molecule has 102 valence electrons. The van der Waals surface area contributed by atoms with E-state index in [1.807, 2.05) is 0 Å². The topological polar surface area (TPSA) is 142 Å². The van der Waals surface area contributed by atoms with Crippen molar-refractivity contribution in [3.63, 3.8) is 0 Å². The van der Waals surface area contributed by atoms with Gasteiger partial charge in [-0.3, -0.25) is 9.78 Å². The Labute approximate surface area is 107 Å². The molecule has 1 saturated heterocycles. The van der Waals surface area contributed by atoms with Crippen LogP contribution in [0.3, 0.4) is 0 Å². The van der Waals surface area contributed by atoms with Crippen LogP contribution in [0.1, 0.15) is 6.04 Å². The number of H-pyrrole nitrogens is 1. The summed E-state index contributed by atoms with van der Waals surface area (Å²) in [5.41, 5.74) is 5.53. The minimum atomic E-state index is -0.957. The van der Waals surface area contributed by atoms with Gasteiger partial charge in [-0.25, -0.2) is 4.98 Å². The molecular formula is C10H14N6O3. The Kier molecular flexibility index (Phi) is 2.73. The van der Waals surface area contributed by atoms with Crippen molar-refractivity contribution < 1.29 is 10.2 Å². The summed E-state index contributed by atoms with van der Waals surface area (Å²) in [6.07, 6.45) is -0.420. The molecule has 1 fully saturated rings. The second-order valence-electron chi connectivity index (χ2n) is 4.56. The van der Waals surface area contributed by atoms with Gasteiger partial charge in [0.2, 0.25) is 5.95 Å². The third-order valence-corrected chi connectivity index (χ3v) is 3.30. The molecule has 3 atom stereocenters. The van der Waals surface area contributed by atoms with Crippen molar-refractivity contribution in [1.82, 2.24) is 24.8 Å². The molecule has 0 unspecified atom stereocenters. The van der Waals surface area contributed by atoms with E-state index >= 15 is 0 Å². The molecule has 3 rings (SSSR count). The van der Waals surface area contributed by atoms with Crippen molar-refractivity contribution in [2.24, 2.45) is 0 Å². The number of aromatic amines is 1. The number of β-amino-alcohol motifs (C(OH)–C–C–N with tert-alkyl or cyclic N) is 1. The number of fused-ring (bicyclic) bond motifs is 1. The number of hydrogen-bond acceptors (Lipinski definition) is 7. The molecule has 3 heterocycles. The van der Waals surface area contributed by atoms with Crippen molar-refractivity contribution in [2.45, 2.75) is 18.2 Å². The van der Waals surface area contributed by atoms with E-state index in [4.69, 9.17) is 5.73 Å². The lowest BCUT2D eigenvalue weighted by molar-refractivity contribution is -0.0292. The predicted octanol–water partition coefficient (Wildman–Crippen LogP) is -2.43. The molecule has 0 amide bonds. The summed E-state index contributed by atoms with van der Waals surface area (Å²) in [5.74, 6) is -0.0157. The zero-order chi connectivity index (χ0) is 13.6. The van der Waals surface area contributed by atoms with E-state index in [0.717, 1.165) is 0 Å². The fourth-order valence-corrected chi connectivity index (χ4v) is 2.33. The van der Waals surface area contributed by atoms with Gasteiger partial charge in [-0.1, -0.05) is 0 Å². The smallest absolute Gasteiger partial charge is 0.280 e. The van der Waals surface area contributed by atoms with E-state index in [9.17, 15) is 15.0 Å². The molecule has 0 radical (unpaired) electrons. The number of anilines is 1. The zero-order valence-electron chi connectivity index (χ0n) is 9.95. The summed E-state index contributed by atoms with van der Waals surface area (Å²) < 4.78 is 1.56. The molecule has 0 aliphatic carbocycles. The number of rotatable bonds is 1. The second-order valence-corrected chi connectivity index (χ2v) is 4.56. The maximum atomic E-state index is 11.7. The van der Waals surface area contributed by atoms with E-state index in [-0.39, 0.29) is 11.5 Å². The number of imidazole rings is 1. The molecule has 19 heavy (non-hydrogen) atoms. The van der Waals surface area contributed by atoms with Gasteiger partial charge in [0.15, 0.2) is 11.2 Å². The van der Waals surface area contributed by atoms with Crippen molar-refractivity contribution in [3.05, 3.63) is 16.7 Å². The van der Waals surface area contributed by atoms with Crippen LogP contribution < -0.4 is 16.6 Å². The maximum absolute atomic E-state index is 11.7. The van der Waals surface area contributed by atoms with Crippen LogP contribution in [-0.4, -0.2) is 55.0 Å². The summed E-state index contributed by atoms with van der Waals surface area (Å²) in [6, 6.07) is -0.456. The molecule has 1 aliphatic heterocycles. The molecule has 9 nitrogen and oxygen atoms in total.